The van der Waals surface area contributed by atoms with Gasteiger partial charge >= 0.3 is 5.97 Å². The summed E-state index contributed by atoms with van der Waals surface area (Å²) in [6, 6.07) is 3.47. The summed E-state index contributed by atoms with van der Waals surface area (Å²) in [6.07, 6.45) is 1.23. The fourth-order valence-corrected chi connectivity index (χ4v) is 2.27. The Bertz CT molecular complexity index is 615. The summed E-state index contributed by atoms with van der Waals surface area (Å²) in [5, 5.41) is 9.60. The minimum absolute atomic E-state index is 0.0458. The number of ether oxygens (including phenoxy) is 1. The molecule has 0 aliphatic carbocycles. The summed E-state index contributed by atoms with van der Waals surface area (Å²) >= 11 is 9.40. The lowest BCUT2D eigenvalue weighted by Gasteiger charge is -2.09. The van der Waals surface area contributed by atoms with E-state index in [1.54, 1.807) is 12.1 Å². The maximum Gasteiger partial charge on any atom is 0.338 e. The molecular formula is C11H7BrClNO3. The lowest BCUT2D eigenvalue weighted by Crippen LogP contribution is -2.00. The average molecular weight is 317 g/mol. The van der Waals surface area contributed by atoms with Crippen molar-refractivity contribution in [1.82, 2.24) is 4.98 Å². The molecule has 0 spiro atoms. The number of rotatable bonds is 2. The molecule has 1 heterocycles. The minimum atomic E-state index is -1.12. The summed E-state index contributed by atoms with van der Waals surface area (Å²) in [4.78, 5) is 15.1. The van der Waals surface area contributed by atoms with E-state index in [0.717, 1.165) is 4.47 Å². The number of nitrogens with zero attached hydrogens (tertiary/aromatic N) is 1. The van der Waals surface area contributed by atoms with Crippen LogP contribution >= 0.6 is 27.5 Å². The number of pyridine rings is 1. The van der Waals surface area contributed by atoms with E-state index in [9.17, 15) is 4.79 Å². The summed E-state index contributed by atoms with van der Waals surface area (Å²) in [5.74, 6) is -0.629. The van der Waals surface area contributed by atoms with Crippen LogP contribution in [0.3, 0.4) is 0 Å². The van der Waals surface area contributed by atoms with Crippen LogP contribution in [-0.2, 0) is 0 Å². The minimum Gasteiger partial charge on any atom is -0.496 e. The first-order valence-corrected chi connectivity index (χ1v) is 5.77. The number of carboxylic acid groups (broad SMARTS) is 1. The summed E-state index contributed by atoms with van der Waals surface area (Å²) < 4.78 is 5.89. The van der Waals surface area contributed by atoms with Gasteiger partial charge in [-0.25, -0.2) is 4.79 Å². The Kier molecular flexibility index (Phi) is 3.22. The van der Waals surface area contributed by atoms with Crippen molar-refractivity contribution in [2.75, 3.05) is 7.11 Å². The zero-order valence-corrected chi connectivity index (χ0v) is 11.0. The Hall–Kier alpha value is -1.33. The lowest BCUT2D eigenvalue weighted by atomic mass is 10.1. The fraction of sp³-hybridized carbons (Fsp3) is 0.0909. The molecular weight excluding hydrogens is 309 g/mol. The highest BCUT2D eigenvalue weighted by molar-refractivity contribution is 9.10. The molecule has 0 amide bonds. The number of aromatic carboxylic acids is 1. The number of halogens is 2. The van der Waals surface area contributed by atoms with Gasteiger partial charge in [-0.2, -0.15) is 0 Å². The van der Waals surface area contributed by atoms with E-state index in [-0.39, 0.29) is 10.6 Å². The van der Waals surface area contributed by atoms with Gasteiger partial charge < -0.3 is 9.84 Å². The molecule has 2 rings (SSSR count). The zero-order chi connectivity index (χ0) is 12.6. The van der Waals surface area contributed by atoms with Gasteiger partial charge in [0, 0.05) is 10.7 Å². The van der Waals surface area contributed by atoms with Gasteiger partial charge in [-0.05, 0) is 28.1 Å². The third-order valence-electron chi connectivity index (χ3n) is 2.32. The molecule has 0 aliphatic heterocycles. The second kappa shape index (κ2) is 4.50. The van der Waals surface area contributed by atoms with E-state index in [4.69, 9.17) is 21.4 Å². The van der Waals surface area contributed by atoms with E-state index in [0.29, 0.717) is 16.7 Å². The number of carboxylic acids is 1. The van der Waals surface area contributed by atoms with Gasteiger partial charge in [0.25, 0.3) is 0 Å². The van der Waals surface area contributed by atoms with E-state index < -0.39 is 5.97 Å². The van der Waals surface area contributed by atoms with Crippen LogP contribution in [0.25, 0.3) is 10.9 Å². The number of methoxy groups -OCH3 is 1. The first-order chi connectivity index (χ1) is 8.06. The number of benzene rings is 1. The number of carbonyl (C=O) groups is 1. The number of fused-ring (bicyclic) bond motifs is 1. The molecule has 1 N–H and O–H groups in total. The van der Waals surface area contributed by atoms with Crippen molar-refractivity contribution in [3.63, 3.8) is 0 Å². The highest BCUT2D eigenvalue weighted by Gasteiger charge is 2.17. The molecule has 1 aromatic carbocycles. The van der Waals surface area contributed by atoms with E-state index in [1.807, 2.05) is 0 Å². The molecule has 0 fully saturated rings. The van der Waals surface area contributed by atoms with Crippen molar-refractivity contribution in [2.45, 2.75) is 0 Å². The predicted octanol–water partition coefficient (Wildman–Crippen LogP) is 3.36. The molecule has 1 aromatic heterocycles. The summed E-state index contributed by atoms with van der Waals surface area (Å²) in [6.45, 7) is 0. The van der Waals surface area contributed by atoms with Gasteiger partial charge in [0.2, 0.25) is 0 Å². The van der Waals surface area contributed by atoms with Crippen LogP contribution in [0.15, 0.2) is 22.8 Å². The van der Waals surface area contributed by atoms with Gasteiger partial charge in [-0.1, -0.05) is 11.6 Å². The van der Waals surface area contributed by atoms with Gasteiger partial charge in [0.05, 0.1) is 28.6 Å². The Morgan fingerprint density at radius 3 is 2.82 bits per heavy atom. The zero-order valence-electron chi connectivity index (χ0n) is 8.70. The van der Waals surface area contributed by atoms with Gasteiger partial charge in [-0.15, -0.1) is 0 Å². The average Bonchev–Trinajstić information content (AvgIpc) is 2.30. The van der Waals surface area contributed by atoms with Gasteiger partial charge in [-0.3, -0.25) is 4.98 Å². The van der Waals surface area contributed by atoms with Crippen molar-refractivity contribution < 1.29 is 14.6 Å². The molecule has 17 heavy (non-hydrogen) atoms. The summed E-state index contributed by atoms with van der Waals surface area (Å²) in [7, 11) is 1.49. The third kappa shape index (κ3) is 1.96. The van der Waals surface area contributed by atoms with Crippen molar-refractivity contribution >= 4 is 44.4 Å². The Balaban J connectivity index is 2.92. The van der Waals surface area contributed by atoms with Gasteiger partial charge in [0.15, 0.2) is 0 Å². The maximum atomic E-state index is 11.0. The molecule has 2 aromatic rings. The molecule has 0 saturated heterocycles. The van der Waals surface area contributed by atoms with Crippen molar-refractivity contribution in [3.05, 3.63) is 33.4 Å². The first-order valence-electron chi connectivity index (χ1n) is 4.60. The van der Waals surface area contributed by atoms with Gasteiger partial charge in [0.1, 0.15) is 5.75 Å². The van der Waals surface area contributed by atoms with E-state index in [2.05, 4.69) is 20.9 Å². The summed E-state index contributed by atoms with van der Waals surface area (Å²) in [5.41, 5.74) is 0.523. The maximum absolute atomic E-state index is 11.0. The number of hydrogen-bond donors (Lipinski definition) is 1. The van der Waals surface area contributed by atoms with Crippen LogP contribution in [-0.4, -0.2) is 23.2 Å². The highest BCUT2D eigenvalue weighted by Crippen LogP contribution is 2.36. The van der Waals surface area contributed by atoms with Crippen LogP contribution in [0, 0.1) is 0 Å². The Morgan fingerprint density at radius 2 is 2.24 bits per heavy atom. The predicted molar refractivity (Wildman–Crippen MR) is 68.0 cm³/mol. The molecule has 4 nitrogen and oxygen atoms in total. The number of aromatic nitrogens is 1. The molecule has 0 radical (unpaired) electrons. The topological polar surface area (TPSA) is 59.4 Å². The van der Waals surface area contributed by atoms with Crippen LogP contribution in [0.1, 0.15) is 10.4 Å². The second-order valence-electron chi connectivity index (χ2n) is 3.26. The molecule has 0 aliphatic rings. The number of hydrogen-bond acceptors (Lipinski definition) is 3. The lowest BCUT2D eigenvalue weighted by molar-refractivity contribution is 0.0697. The van der Waals surface area contributed by atoms with Crippen LogP contribution in [0.4, 0.5) is 0 Å². The molecule has 0 saturated carbocycles. The largest absolute Gasteiger partial charge is 0.496 e. The standard InChI is InChI=1S/C11H7BrClNO3/c1-17-7-3-2-6(12)10-8(7)9(13)5(4-14-10)11(15)16/h2-4H,1H3,(H,15,16). The van der Waals surface area contributed by atoms with Crippen LogP contribution in [0.2, 0.25) is 5.02 Å². The smallest absolute Gasteiger partial charge is 0.338 e. The molecule has 0 bridgehead atoms. The van der Waals surface area contributed by atoms with Crippen molar-refractivity contribution in [3.8, 4) is 5.75 Å². The third-order valence-corrected chi connectivity index (χ3v) is 3.35. The Labute approximate surface area is 110 Å². The van der Waals surface area contributed by atoms with E-state index in [1.165, 1.54) is 13.3 Å². The van der Waals surface area contributed by atoms with Crippen LogP contribution < -0.4 is 4.74 Å². The van der Waals surface area contributed by atoms with Crippen molar-refractivity contribution in [1.29, 1.82) is 0 Å². The van der Waals surface area contributed by atoms with E-state index >= 15 is 0 Å². The molecule has 0 atom stereocenters. The fourth-order valence-electron chi connectivity index (χ4n) is 1.53. The Morgan fingerprint density at radius 1 is 1.53 bits per heavy atom. The van der Waals surface area contributed by atoms with Crippen LogP contribution in [0.5, 0.6) is 5.75 Å². The SMILES string of the molecule is COc1ccc(Br)c2ncc(C(=O)O)c(Cl)c12. The highest BCUT2D eigenvalue weighted by atomic mass is 79.9. The van der Waals surface area contributed by atoms with Crippen molar-refractivity contribution in [2.24, 2.45) is 0 Å². The first kappa shape index (κ1) is 12.1. The quantitative estimate of drug-likeness (QED) is 0.923. The molecule has 0 unspecified atom stereocenters. The molecule has 88 valence electrons. The monoisotopic (exact) mass is 315 g/mol. The second-order valence-corrected chi connectivity index (χ2v) is 4.50. The normalized spacial score (nSPS) is 10.5. The molecule has 6 heteroatoms.